The molecular formula is C17H26N2. The average Bonchev–Trinajstić information content (AvgIpc) is 2.72. The lowest BCUT2D eigenvalue weighted by Gasteiger charge is -2.23. The molecule has 2 atom stereocenters. The molecule has 0 radical (unpaired) electrons. The van der Waals surface area contributed by atoms with E-state index in [1.54, 1.807) is 5.56 Å². The Hall–Kier alpha value is -0.860. The molecule has 19 heavy (non-hydrogen) atoms. The van der Waals surface area contributed by atoms with E-state index in [2.05, 4.69) is 29.2 Å². The summed E-state index contributed by atoms with van der Waals surface area (Å²) in [5, 5.41) is 0. The van der Waals surface area contributed by atoms with Gasteiger partial charge in [0.2, 0.25) is 0 Å². The standard InChI is InChI=1S/C17H26N2/c18-17-9-3-7-15(17)10-12-19-11-4-8-14-5-1-2-6-16(14)13-19/h1-2,5-6,15,17H,3-4,7-13,18H2. The van der Waals surface area contributed by atoms with E-state index in [1.165, 1.54) is 57.2 Å². The highest BCUT2D eigenvalue weighted by Crippen LogP contribution is 2.27. The molecule has 2 N–H and O–H groups in total. The van der Waals surface area contributed by atoms with Crippen LogP contribution in [0.25, 0.3) is 0 Å². The van der Waals surface area contributed by atoms with Crippen LogP contribution in [-0.2, 0) is 13.0 Å². The smallest absolute Gasteiger partial charge is 0.0236 e. The van der Waals surface area contributed by atoms with Crippen LogP contribution in [0.5, 0.6) is 0 Å². The highest BCUT2D eigenvalue weighted by molar-refractivity contribution is 5.27. The van der Waals surface area contributed by atoms with Crippen LogP contribution in [-0.4, -0.2) is 24.0 Å². The third kappa shape index (κ3) is 3.18. The van der Waals surface area contributed by atoms with E-state index >= 15 is 0 Å². The largest absolute Gasteiger partial charge is 0.327 e. The van der Waals surface area contributed by atoms with Gasteiger partial charge in [0, 0.05) is 12.6 Å². The van der Waals surface area contributed by atoms with Gasteiger partial charge in [-0.25, -0.2) is 0 Å². The summed E-state index contributed by atoms with van der Waals surface area (Å²) < 4.78 is 0. The van der Waals surface area contributed by atoms with Gasteiger partial charge < -0.3 is 5.73 Å². The van der Waals surface area contributed by atoms with Crippen molar-refractivity contribution in [1.29, 1.82) is 0 Å². The van der Waals surface area contributed by atoms with E-state index in [0.29, 0.717) is 6.04 Å². The monoisotopic (exact) mass is 258 g/mol. The molecule has 0 saturated heterocycles. The van der Waals surface area contributed by atoms with Gasteiger partial charge in [0.1, 0.15) is 0 Å². The fraction of sp³-hybridized carbons (Fsp3) is 0.647. The van der Waals surface area contributed by atoms with E-state index in [1.807, 2.05) is 0 Å². The van der Waals surface area contributed by atoms with Gasteiger partial charge in [-0.15, -0.1) is 0 Å². The number of nitrogens with two attached hydrogens (primary N) is 1. The second-order valence-corrected chi connectivity index (χ2v) is 6.29. The highest BCUT2D eigenvalue weighted by atomic mass is 15.1. The minimum absolute atomic E-state index is 0.472. The van der Waals surface area contributed by atoms with Crippen molar-refractivity contribution in [1.82, 2.24) is 4.90 Å². The van der Waals surface area contributed by atoms with Crippen molar-refractivity contribution >= 4 is 0 Å². The number of hydrogen-bond acceptors (Lipinski definition) is 2. The molecule has 1 aliphatic heterocycles. The second-order valence-electron chi connectivity index (χ2n) is 6.29. The third-order valence-electron chi connectivity index (χ3n) is 4.97. The SMILES string of the molecule is NC1CCCC1CCN1CCCc2ccccc2C1. The zero-order valence-corrected chi connectivity index (χ0v) is 11.9. The fourth-order valence-corrected chi connectivity index (χ4v) is 3.73. The quantitative estimate of drug-likeness (QED) is 0.903. The second kappa shape index (κ2) is 6.06. The van der Waals surface area contributed by atoms with Gasteiger partial charge >= 0.3 is 0 Å². The van der Waals surface area contributed by atoms with Gasteiger partial charge in [-0.2, -0.15) is 0 Å². The molecule has 1 fully saturated rings. The molecule has 1 aromatic carbocycles. The first-order valence-corrected chi connectivity index (χ1v) is 7.87. The van der Waals surface area contributed by atoms with Crippen LogP contribution in [0.1, 0.15) is 43.2 Å². The van der Waals surface area contributed by atoms with Gasteiger partial charge in [0.15, 0.2) is 0 Å². The van der Waals surface area contributed by atoms with Crippen LogP contribution in [0.15, 0.2) is 24.3 Å². The van der Waals surface area contributed by atoms with Gasteiger partial charge in [0.25, 0.3) is 0 Å². The zero-order valence-electron chi connectivity index (χ0n) is 11.9. The first-order chi connectivity index (χ1) is 9.33. The van der Waals surface area contributed by atoms with Crippen LogP contribution in [0.2, 0.25) is 0 Å². The summed E-state index contributed by atoms with van der Waals surface area (Å²) in [6.45, 7) is 3.61. The molecule has 1 aliphatic carbocycles. The van der Waals surface area contributed by atoms with Gasteiger partial charge in [-0.3, -0.25) is 4.90 Å². The molecule has 1 saturated carbocycles. The summed E-state index contributed by atoms with van der Waals surface area (Å²) in [4.78, 5) is 2.64. The van der Waals surface area contributed by atoms with Gasteiger partial charge in [0.05, 0.1) is 0 Å². The Balaban J connectivity index is 1.57. The predicted molar refractivity (Wildman–Crippen MR) is 80.0 cm³/mol. The average molecular weight is 258 g/mol. The first kappa shape index (κ1) is 13.1. The lowest BCUT2D eigenvalue weighted by Crippen LogP contribution is -2.30. The number of nitrogens with zero attached hydrogens (tertiary/aromatic N) is 1. The summed E-state index contributed by atoms with van der Waals surface area (Å²) >= 11 is 0. The molecule has 1 aromatic rings. The molecule has 2 heteroatoms. The molecule has 0 spiro atoms. The van der Waals surface area contributed by atoms with Crippen molar-refractivity contribution in [2.45, 2.75) is 51.1 Å². The van der Waals surface area contributed by atoms with Crippen molar-refractivity contribution in [3.63, 3.8) is 0 Å². The lowest BCUT2D eigenvalue weighted by molar-refractivity contribution is 0.242. The first-order valence-electron chi connectivity index (χ1n) is 7.87. The Morgan fingerprint density at radius 1 is 1.11 bits per heavy atom. The summed E-state index contributed by atoms with van der Waals surface area (Å²) in [5.74, 6) is 0.776. The van der Waals surface area contributed by atoms with Crippen LogP contribution in [0.4, 0.5) is 0 Å². The Labute approximate surface area is 117 Å². The Morgan fingerprint density at radius 3 is 2.74 bits per heavy atom. The van der Waals surface area contributed by atoms with E-state index < -0.39 is 0 Å². The predicted octanol–water partition coefficient (Wildman–Crippen LogP) is 2.95. The van der Waals surface area contributed by atoms with Crippen molar-refractivity contribution in [2.75, 3.05) is 13.1 Å². The molecule has 2 nitrogen and oxygen atoms in total. The van der Waals surface area contributed by atoms with Crippen LogP contribution in [0, 0.1) is 5.92 Å². The molecule has 1 heterocycles. The Kier molecular flexibility index (Phi) is 4.19. The maximum atomic E-state index is 6.18. The van der Waals surface area contributed by atoms with Gasteiger partial charge in [-0.05, 0) is 62.2 Å². The highest BCUT2D eigenvalue weighted by Gasteiger charge is 2.24. The van der Waals surface area contributed by atoms with Crippen molar-refractivity contribution < 1.29 is 0 Å². The minimum atomic E-state index is 0.472. The summed E-state index contributed by atoms with van der Waals surface area (Å²) in [7, 11) is 0. The van der Waals surface area contributed by atoms with E-state index in [-0.39, 0.29) is 0 Å². The Morgan fingerprint density at radius 2 is 1.95 bits per heavy atom. The van der Waals surface area contributed by atoms with Gasteiger partial charge in [-0.1, -0.05) is 30.7 Å². The minimum Gasteiger partial charge on any atom is -0.327 e. The summed E-state index contributed by atoms with van der Waals surface area (Å²) in [6, 6.07) is 9.42. The number of rotatable bonds is 3. The number of fused-ring (bicyclic) bond motifs is 1. The molecule has 2 aliphatic rings. The van der Waals surface area contributed by atoms with E-state index in [4.69, 9.17) is 5.73 Å². The molecule has 0 amide bonds. The number of aryl methyl sites for hydroxylation is 1. The van der Waals surface area contributed by atoms with Crippen molar-refractivity contribution in [3.05, 3.63) is 35.4 Å². The summed E-state index contributed by atoms with van der Waals surface area (Å²) in [6.07, 6.45) is 7.78. The normalized spacial score (nSPS) is 28.1. The molecule has 0 bridgehead atoms. The number of hydrogen-bond donors (Lipinski definition) is 1. The Bertz CT molecular complexity index is 415. The fourth-order valence-electron chi connectivity index (χ4n) is 3.73. The lowest BCUT2D eigenvalue weighted by atomic mass is 10.00. The van der Waals surface area contributed by atoms with Crippen LogP contribution >= 0.6 is 0 Å². The van der Waals surface area contributed by atoms with Crippen LogP contribution in [0.3, 0.4) is 0 Å². The number of benzene rings is 1. The molecule has 2 unspecified atom stereocenters. The molecule has 0 aromatic heterocycles. The van der Waals surface area contributed by atoms with Crippen molar-refractivity contribution in [2.24, 2.45) is 11.7 Å². The maximum Gasteiger partial charge on any atom is 0.0236 e. The maximum absolute atomic E-state index is 6.18. The molecule has 104 valence electrons. The third-order valence-corrected chi connectivity index (χ3v) is 4.97. The van der Waals surface area contributed by atoms with E-state index in [0.717, 1.165) is 12.5 Å². The van der Waals surface area contributed by atoms with E-state index in [9.17, 15) is 0 Å². The molecular weight excluding hydrogens is 232 g/mol. The van der Waals surface area contributed by atoms with Crippen LogP contribution < -0.4 is 5.73 Å². The van der Waals surface area contributed by atoms with Crippen molar-refractivity contribution in [3.8, 4) is 0 Å². The summed E-state index contributed by atoms with van der Waals surface area (Å²) in [5.41, 5.74) is 9.28. The zero-order chi connectivity index (χ0) is 13.1. The molecule has 3 rings (SSSR count). The topological polar surface area (TPSA) is 29.3 Å².